The third-order valence-corrected chi connectivity index (χ3v) is 6.20. The minimum absolute atomic E-state index is 0.272. The summed E-state index contributed by atoms with van der Waals surface area (Å²) in [6.07, 6.45) is 0.617. The average molecular weight is 496 g/mol. The molecule has 1 N–H and O–H groups in total. The minimum atomic E-state index is -0.406. The van der Waals surface area contributed by atoms with Crippen LogP contribution in [-0.4, -0.2) is 15.7 Å². The summed E-state index contributed by atoms with van der Waals surface area (Å²) in [7, 11) is 0. The van der Waals surface area contributed by atoms with Crippen LogP contribution in [0.2, 0.25) is 5.02 Å². The molecule has 0 fully saturated rings. The summed E-state index contributed by atoms with van der Waals surface area (Å²) in [5, 5.41) is 8.35. The standard InChI is InChI=1S/C30H23ClFN3O/c31-23-15-17-24(18-16-23)35-29(20-28(34-35)25-13-7-8-14-26(25)32)30(36)33-27(22-11-5-2-6-12-22)19-21-9-3-1-4-10-21/h1-18,20,27H,19H2,(H,33,36). The van der Waals surface area contributed by atoms with Gasteiger partial charge in [0.2, 0.25) is 0 Å². The molecule has 1 atom stereocenters. The van der Waals surface area contributed by atoms with Gasteiger partial charge in [0.25, 0.3) is 5.91 Å². The molecule has 0 spiro atoms. The van der Waals surface area contributed by atoms with E-state index in [1.54, 1.807) is 48.5 Å². The van der Waals surface area contributed by atoms with E-state index in [1.165, 1.54) is 10.7 Å². The lowest BCUT2D eigenvalue weighted by Gasteiger charge is -2.20. The van der Waals surface area contributed by atoms with Gasteiger partial charge in [0, 0.05) is 10.6 Å². The Morgan fingerprint density at radius 3 is 2.19 bits per heavy atom. The molecule has 36 heavy (non-hydrogen) atoms. The molecule has 6 heteroatoms. The molecule has 1 unspecified atom stereocenters. The summed E-state index contributed by atoms with van der Waals surface area (Å²) < 4.78 is 16.1. The van der Waals surface area contributed by atoms with Gasteiger partial charge in [-0.05, 0) is 60.0 Å². The molecule has 5 aromatic rings. The maximum absolute atomic E-state index is 14.6. The Morgan fingerprint density at radius 1 is 0.861 bits per heavy atom. The van der Waals surface area contributed by atoms with E-state index in [-0.39, 0.29) is 11.9 Å². The van der Waals surface area contributed by atoms with Gasteiger partial charge < -0.3 is 5.32 Å². The van der Waals surface area contributed by atoms with Crippen LogP contribution in [0.15, 0.2) is 115 Å². The predicted octanol–water partition coefficient (Wildman–Crippen LogP) is 7.05. The molecule has 1 amide bonds. The van der Waals surface area contributed by atoms with Gasteiger partial charge in [0.15, 0.2) is 0 Å². The fourth-order valence-electron chi connectivity index (χ4n) is 4.14. The van der Waals surface area contributed by atoms with Gasteiger partial charge >= 0.3 is 0 Å². The molecule has 5 rings (SSSR count). The first-order chi connectivity index (χ1) is 17.6. The molecule has 0 saturated carbocycles. The number of nitrogens with zero attached hydrogens (tertiary/aromatic N) is 2. The summed E-state index contributed by atoms with van der Waals surface area (Å²) in [6, 6.07) is 34.6. The highest BCUT2D eigenvalue weighted by molar-refractivity contribution is 6.30. The van der Waals surface area contributed by atoms with E-state index in [2.05, 4.69) is 10.4 Å². The van der Waals surface area contributed by atoms with Gasteiger partial charge in [-0.3, -0.25) is 4.79 Å². The van der Waals surface area contributed by atoms with Gasteiger partial charge in [0.05, 0.1) is 17.4 Å². The first-order valence-electron chi connectivity index (χ1n) is 11.6. The largest absolute Gasteiger partial charge is 0.344 e. The summed E-state index contributed by atoms with van der Waals surface area (Å²) in [5.41, 5.74) is 3.72. The van der Waals surface area contributed by atoms with E-state index in [1.807, 2.05) is 60.7 Å². The first kappa shape index (κ1) is 23.5. The predicted molar refractivity (Wildman–Crippen MR) is 141 cm³/mol. The van der Waals surface area contributed by atoms with Crippen molar-refractivity contribution in [2.45, 2.75) is 12.5 Å². The number of aromatic nitrogens is 2. The molecule has 0 aliphatic carbocycles. The van der Waals surface area contributed by atoms with Crippen LogP contribution in [0.4, 0.5) is 4.39 Å². The van der Waals surface area contributed by atoms with Crippen LogP contribution in [0.3, 0.4) is 0 Å². The highest BCUT2D eigenvalue weighted by atomic mass is 35.5. The number of amides is 1. The molecule has 0 aliphatic rings. The minimum Gasteiger partial charge on any atom is -0.344 e. The second-order valence-corrected chi connectivity index (χ2v) is 8.85. The van der Waals surface area contributed by atoms with Crippen molar-refractivity contribution < 1.29 is 9.18 Å². The van der Waals surface area contributed by atoms with Gasteiger partial charge in [-0.1, -0.05) is 84.4 Å². The Bertz CT molecular complexity index is 1470. The first-order valence-corrected chi connectivity index (χ1v) is 12.0. The molecule has 0 bridgehead atoms. The quantitative estimate of drug-likeness (QED) is 0.263. The number of carbonyl (C=O) groups excluding carboxylic acids is 1. The van der Waals surface area contributed by atoms with Crippen molar-refractivity contribution in [1.82, 2.24) is 15.1 Å². The van der Waals surface area contributed by atoms with Crippen LogP contribution in [0.1, 0.15) is 27.7 Å². The van der Waals surface area contributed by atoms with Crippen LogP contribution < -0.4 is 5.32 Å². The number of hydrogen-bond donors (Lipinski definition) is 1. The lowest BCUT2D eigenvalue weighted by molar-refractivity contribution is 0.0928. The topological polar surface area (TPSA) is 46.9 Å². The van der Waals surface area contributed by atoms with E-state index in [9.17, 15) is 9.18 Å². The van der Waals surface area contributed by atoms with Gasteiger partial charge in [0.1, 0.15) is 11.5 Å². The normalized spacial score (nSPS) is 11.7. The van der Waals surface area contributed by atoms with E-state index in [4.69, 9.17) is 11.6 Å². The molecule has 0 saturated heterocycles. The highest BCUT2D eigenvalue weighted by Crippen LogP contribution is 2.26. The number of nitrogens with one attached hydrogen (secondary N) is 1. The van der Waals surface area contributed by atoms with Gasteiger partial charge in [-0.25, -0.2) is 9.07 Å². The van der Waals surface area contributed by atoms with Gasteiger partial charge in [-0.15, -0.1) is 0 Å². The zero-order valence-corrected chi connectivity index (χ0v) is 20.1. The molecular formula is C30H23ClFN3O. The van der Waals surface area contributed by atoms with Crippen LogP contribution in [0, 0.1) is 5.82 Å². The van der Waals surface area contributed by atoms with Crippen LogP contribution in [0.25, 0.3) is 16.9 Å². The number of benzene rings is 4. The Morgan fingerprint density at radius 2 is 1.50 bits per heavy atom. The molecule has 0 radical (unpaired) electrons. The van der Waals surface area contributed by atoms with Crippen molar-refractivity contribution in [2.24, 2.45) is 0 Å². The molecule has 4 nitrogen and oxygen atoms in total. The van der Waals surface area contributed by atoms with Gasteiger partial charge in [-0.2, -0.15) is 5.10 Å². The number of rotatable bonds is 7. The number of hydrogen-bond acceptors (Lipinski definition) is 2. The number of halogens is 2. The van der Waals surface area contributed by atoms with Crippen molar-refractivity contribution in [3.63, 3.8) is 0 Å². The van der Waals surface area contributed by atoms with Crippen LogP contribution in [-0.2, 0) is 6.42 Å². The Kier molecular flexibility index (Phi) is 6.92. The molecule has 1 aromatic heterocycles. The Hall–Kier alpha value is -4.22. The molecule has 4 aromatic carbocycles. The van der Waals surface area contributed by atoms with Crippen LogP contribution in [0.5, 0.6) is 0 Å². The summed E-state index contributed by atoms with van der Waals surface area (Å²) >= 11 is 6.08. The summed E-state index contributed by atoms with van der Waals surface area (Å²) in [5.74, 6) is -0.721. The average Bonchev–Trinajstić information content (AvgIpc) is 3.35. The van der Waals surface area contributed by atoms with E-state index in [0.717, 1.165) is 11.1 Å². The monoisotopic (exact) mass is 495 g/mol. The van der Waals surface area contributed by atoms with Crippen molar-refractivity contribution in [3.05, 3.63) is 143 Å². The lowest BCUT2D eigenvalue weighted by Crippen LogP contribution is -2.31. The zero-order chi connectivity index (χ0) is 24.9. The molecule has 178 valence electrons. The molecule has 1 heterocycles. The van der Waals surface area contributed by atoms with E-state index < -0.39 is 5.82 Å². The maximum Gasteiger partial charge on any atom is 0.270 e. The zero-order valence-electron chi connectivity index (χ0n) is 19.3. The Labute approximate surface area is 214 Å². The van der Waals surface area contributed by atoms with Crippen molar-refractivity contribution in [2.75, 3.05) is 0 Å². The van der Waals surface area contributed by atoms with E-state index >= 15 is 0 Å². The molecular weight excluding hydrogens is 473 g/mol. The van der Waals surface area contributed by atoms with Crippen molar-refractivity contribution in [1.29, 1.82) is 0 Å². The summed E-state index contributed by atoms with van der Waals surface area (Å²) in [4.78, 5) is 13.7. The smallest absolute Gasteiger partial charge is 0.270 e. The van der Waals surface area contributed by atoms with Crippen molar-refractivity contribution in [3.8, 4) is 16.9 Å². The summed E-state index contributed by atoms with van der Waals surface area (Å²) in [6.45, 7) is 0. The third kappa shape index (κ3) is 5.21. The second kappa shape index (κ2) is 10.6. The maximum atomic E-state index is 14.6. The Balaban J connectivity index is 1.54. The SMILES string of the molecule is O=C(NC(Cc1ccccc1)c1ccccc1)c1cc(-c2ccccc2F)nn1-c1ccc(Cl)cc1. The van der Waals surface area contributed by atoms with E-state index in [0.29, 0.717) is 34.1 Å². The van der Waals surface area contributed by atoms with Crippen molar-refractivity contribution >= 4 is 17.5 Å². The third-order valence-electron chi connectivity index (χ3n) is 5.95. The fraction of sp³-hybridized carbons (Fsp3) is 0.0667. The fourth-order valence-corrected chi connectivity index (χ4v) is 4.27. The lowest BCUT2D eigenvalue weighted by atomic mass is 9.98. The molecule has 0 aliphatic heterocycles. The second-order valence-electron chi connectivity index (χ2n) is 8.41. The number of carbonyl (C=O) groups is 1. The van der Waals surface area contributed by atoms with Crippen LogP contribution >= 0.6 is 11.6 Å². The highest BCUT2D eigenvalue weighted by Gasteiger charge is 2.22.